The molecule has 0 radical (unpaired) electrons. The Morgan fingerprint density at radius 1 is 1.04 bits per heavy atom. The lowest BCUT2D eigenvalue weighted by Crippen LogP contribution is -2.68. The second kappa shape index (κ2) is 7.15. The smallest absolute Gasteiger partial charge is 0.236 e. The fourth-order valence-corrected chi connectivity index (χ4v) is 4.31. The van der Waals surface area contributed by atoms with Crippen LogP contribution in [0.4, 0.5) is 0 Å². The van der Waals surface area contributed by atoms with Gasteiger partial charge in [-0.25, -0.2) is 0 Å². The number of benzene rings is 2. The van der Waals surface area contributed by atoms with Crippen LogP contribution in [-0.2, 0) is 19.1 Å². The molecule has 0 spiro atoms. The lowest BCUT2D eigenvalue weighted by Gasteiger charge is -2.52. The highest BCUT2D eigenvalue weighted by molar-refractivity contribution is 6.06. The summed E-state index contributed by atoms with van der Waals surface area (Å²) in [5, 5.41) is 0. The molecule has 2 aromatic carbocycles. The SMILES string of the molecule is CC(=O)[C@@H]1C(=O)N(C(c2ccccc2)c2ccccc2)[C@H]1[C@@H]1COC(C)(C)O1. The molecular formula is C23H25NO4. The number of rotatable bonds is 5. The Labute approximate surface area is 165 Å². The highest BCUT2D eigenvalue weighted by atomic mass is 16.7. The molecule has 0 bridgehead atoms. The van der Waals surface area contributed by atoms with Crippen molar-refractivity contribution in [2.24, 2.45) is 5.92 Å². The molecule has 146 valence electrons. The summed E-state index contributed by atoms with van der Waals surface area (Å²) in [4.78, 5) is 27.2. The number of likely N-dealkylation sites (tertiary alicyclic amines) is 1. The molecule has 0 unspecified atom stereocenters. The van der Waals surface area contributed by atoms with Crippen molar-refractivity contribution in [3.05, 3.63) is 71.8 Å². The van der Waals surface area contributed by atoms with E-state index in [1.807, 2.05) is 79.4 Å². The van der Waals surface area contributed by atoms with Crippen molar-refractivity contribution in [2.75, 3.05) is 6.61 Å². The number of β-lactam (4-membered cyclic amide) rings is 1. The first kappa shape index (κ1) is 18.8. The summed E-state index contributed by atoms with van der Waals surface area (Å²) < 4.78 is 11.8. The minimum absolute atomic E-state index is 0.126. The summed E-state index contributed by atoms with van der Waals surface area (Å²) in [6.45, 7) is 5.55. The fourth-order valence-electron chi connectivity index (χ4n) is 4.31. The van der Waals surface area contributed by atoms with Gasteiger partial charge in [-0.05, 0) is 31.9 Å². The summed E-state index contributed by atoms with van der Waals surface area (Å²) >= 11 is 0. The van der Waals surface area contributed by atoms with Gasteiger partial charge in [0.2, 0.25) is 5.91 Å². The maximum Gasteiger partial charge on any atom is 0.236 e. The van der Waals surface area contributed by atoms with E-state index in [-0.39, 0.29) is 29.9 Å². The van der Waals surface area contributed by atoms with E-state index in [9.17, 15) is 9.59 Å². The van der Waals surface area contributed by atoms with Gasteiger partial charge in [-0.3, -0.25) is 9.59 Å². The van der Waals surface area contributed by atoms with Crippen LogP contribution in [0.5, 0.6) is 0 Å². The van der Waals surface area contributed by atoms with Crippen molar-refractivity contribution in [1.29, 1.82) is 0 Å². The van der Waals surface area contributed by atoms with Crippen LogP contribution in [-0.4, -0.2) is 41.1 Å². The van der Waals surface area contributed by atoms with E-state index in [1.54, 1.807) is 0 Å². The van der Waals surface area contributed by atoms with Gasteiger partial charge in [0.15, 0.2) is 5.79 Å². The average molecular weight is 379 g/mol. The zero-order valence-corrected chi connectivity index (χ0v) is 16.4. The molecule has 1 amide bonds. The second-order valence-corrected chi connectivity index (χ2v) is 7.92. The largest absolute Gasteiger partial charge is 0.348 e. The minimum Gasteiger partial charge on any atom is -0.348 e. The number of hydrogen-bond donors (Lipinski definition) is 0. The van der Waals surface area contributed by atoms with Gasteiger partial charge >= 0.3 is 0 Å². The van der Waals surface area contributed by atoms with Gasteiger partial charge in [0, 0.05) is 0 Å². The zero-order chi connectivity index (χ0) is 19.9. The lowest BCUT2D eigenvalue weighted by molar-refractivity contribution is -0.184. The Hall–Kier alpha value is -2.50. The number of hydrogen-bond acceptors (Lipinski definition) is 4. The third-order valence-electron chi connectivity index (χ3n) is 5.54. The maximum atomic E-state index is 13.1. The maximum absolute atomic E-state index is 13.1. The molecular weight excluding hydrogens is 354 g/mol. The van der Waals surface area contributed by atoms with E-state index >= 15 is 0 Å². The molecule has 2 aliphatic rings. The van der Waals surface area contributed by atoms with Gasteiger partial charge in [0.05, 0.1) is 18.7 Å². The first-order valence-electron chi connectivity index (χ1n) is 9.63. The van der Waals surface area contributed by atoms with Gasteiger partial charge in [-0.1, -0.05) is 60.7 Å². The monoisotopic (exact) mass is 379 g/mol. The van der Waals surface area contributed by atoms with Crippen LogP contribution in [0.3, 0.4) is 0 Å². The van der Waals surface area contributed by atoms with Crippen LogP contribution in [0.15, 0.2) is 60.7 Å². The number of ketones is 1. The van der Waals surface area contributed by atoms with Crippen molar-refractivity contribution >= 4 is 11.7 Å². The second-order valence-electron chi connectivity index (χ2n) is 7.92. The minimum atomic E-state index is -0.717. The normalized spacial score (nSPS) is 26.4. The summed E-state index contributed by atoms with van der Waals surface area (Å²) in [5.41, 5.74) is 2.01. The summed E-state index contributed by atoms with van der Waals surface area (Å²) in [6.07, 6.45) is -0.337. The van der Waals surface area contributed by atoms with Gasteiger partial charge in [0.25, 0.3) is 0 Å². The van der Waals surface area contributed by atoms with Crippen LogP contribution >= 0.6 is 0 Å². The average Bonchev–Trinajstić information content (AvgIpc) is 3.03. The first-order chi connectivity index (χ1) is 13.4. The van der Waals surface area contributed by atoms with E-state index < -0.39 is 11.7 Å². The van der Waals surface area contributed by atoms with Crippen molar-refractivity contribution in [2.45, 2.75) is 44.7 Å². The fraction of sp³-hybridized carbons (Fsp3) is 0.391. The van der Waals surface area contributed by atoms with Gasteiger partial charge < -0.3 is 14.4 Å². The number of carbonyl (C=O) groups is 2. The van der Waals surface area contributed by atoms with E-state index in [4.69, 9.17) is 9.47 Å². The molecule has 0 saturated carbocycles. The molecule has 2 saturated heterocycles. The van der Waals surface area contributed by atoms with E-state index in [2.05, 4.69) is 0 Å². The molecule has 2 heterocycles. The standard InChI is InChI=1S/C23H25NO4/c1-15(25)19-21(18-14-27-23(2,3)28-18)24(22(19)26)20(16-10-6-4-7-11-16)17-12-8-5-9-13-17/h4-13,18-21H,14H2,1-3H3/t18-,19-,21-/m0/s1. The number of Topliss-reactive ketones (excluding diaryl/α,β-unsaturated/α-hetero) is 1. The van der Waals surface area contributed by atoms with E-state index in [1.165, 1.54) is 6.92 Å². The quantitative estimate of drug-likeness (QED) is 0.591. The third kappa shape index (κ3) is 3.25. The number of nitrogens with zero attached hydrogens (tertiary/aromatic N) is 1. The predicted octanol–water partition coefficient (Wildman–Crippen LogP) is 3.34. The van der Waals surface area contributed by atoms with Gasteiger partial charge in [0.1, 0.15) is 17.8 Å². The molecule has 3 atom stereocenters. The van der Waals surface area contributed by atoms with Crippen LogP contribution in [0.25, 0.3) is 0 Å². The Morgan fingerprint density at radius 2 is 1.57 bits per heavy atom. The number of amides is 1. The molecule has 5 nitrogen and oxygen atoms in total. The molecule has 4 rings (SSSR count). The van der Waals surface area contributed by atoms with Crippen molar-refractivity contribution in [3.63, 3.8) is 0 Å². The van der Waals surface area contributed by atoms with Crippen LogP contribution in [0.1, 0.15) is 37.9 Å². The summed E-state index contributed by atoms with van der Waals surface area (Å²) in [7, 11) is 0. The van der Waals surface area contributed by atoms with E-state index in [0.717, 1.165) is 11.1 Å². The molecule has 0 N–H and O–H groups in total. The molecule has 2 fully saturated rings. The number of ether oxygens (including phenoxy) is 2. The highest BCUT2D eigenvalue weighted by Crippen LogP contribution is 2.44. The molecule has 5 heteroatoms. The Balaban J connectivity index is 1.76. The van der Waals surface area contributed by atoms with Crippen LogP contribution in [0.2, 0.25) is 0 Å². The van der Waals surface area contributed by atoms with E-state index in [0.29, 0.717) is 6.61 Å². The summed E-state index contributed by atoms with van der Waals surface area (Å²) in [5.74, 6) is -1.67. The van der Waals surface area contributed by atoms with Crippen molar-refractivity contribution < 1.29 is 19.1 Å². The molecule has 2 aliphatic heterocycles. The van der Waals surface area contributed by atoms with Crippen molar-refractivity contribution in [1.82, 2.24) is 4.90 Å². The molecule has 0 aliphatic carbocycles. The topological polar surface area (TPSA) is 55.8 Å². The first-order valence-corrected chi connectivity index (χ1v) is 9.63. The lowest BCUT2D eigenvalue weighted by atomic mass is 9.77. The van der Waals surface area contributed by atoms with Gasteiger partial charge in [-0.2, -0.15) is 0 Å². The molecule has 2 aromatic rings. The predicted molar refractivity (Wildman–Crippen MR) is 104 cm³/mol. The summed E-state index contributed by atoms with van der Waals surface area (Å²) in [6, 6.07) is 19.2. The highest BCUT2D eigenvalue weighted by Gasteiger charge is 2.58. The van der Waals surface area contributed by atoms with Gasteiger partial charge in [-0.15, -0.1) is 0 Å². The molecule has 28 heavy (non-hydrogen) atoms. The zero-order valence-electron chi connectivity index (χ0n) is 16.4. The van der Waals surface area contributed by atoms with Crippen LogP contribution in [0, 0.1) is 5.92 Å². The third-order valence-corrected chi connectivity index (χ3v) is 5.54. The van der Waals surface area contributed by atoms with Crippen molar-refractivity contribution in [3.8, 4) is 0 Å². The van der Waals surface area contributed by atoms with Crippen LogP contribution < -0.4 is 0 Å². The molecule has 0 aromatic heterocycles. The Morgan fingerprint density at radius 3 is 2.00 bits per heavy atom. The Bertz CT molecular complexity index is 825. The number of carbonyl (C=O) groups excluding carboxylic acids is 2. The Kier molecular flexibility index (Phi) is 4.81.